The summed E-state index contributed by atoms with van der Waals surface area (Å²) in [5.41, 5.74) is 2.05. The molecule has 1 N–H and O–H groups in total. The fourth-order valence-electron chi connectivity index (χ4n) is 5.20. The van der Waals surface area contributed by atoms with Crippen LogP contribution in [0, 0.1) is 0 Å². The monoisotopic (exact) mass is 463 g/mol. The van der Waals surface area contributed by atoms with Crippen molar-refractivity contribution >= 4 is 5.91 Å². The van der Waals surface area contributed by atoms with E-state index in [9.17, 15) is 4.79 Å². The number of rotatable bonds is 9. The van der Waals surface area contributed by atoms with E-state index in [0.29, 0.717) is 23.8 Å². The van der Waals surface area contributed by atoms with E-state index in [1.165, 1.54) is 31.2 Å². The molecule has 0 aliphatic carbocycles. The molecule has 4 rings (SSSR count). The average Bonchev–Trinajstić information content (AvgIpc) is 3.15. The van der Waals surface area contributed by atoms with Crippen molar-refractivity contribution in [3.8, 4) is 5.75 Å². The Bertz CT molecular complexity index is 872. The van der Waals surface area contributed by atoms with Gasteiger partial charge in [0.1, 0.15) is 11.9 Å². The molecule has 2 aliphatic heterocycles. The van der Waals surface area contributed by atoms with Gasteiger partial charge in [-0.25, -0.2) is 0 Å². The van der Waals surface area contributed by atoms with Gasteiger partial charge in [-0.3, -0.25) is 4.79 Å². The van der Waals surface area contributed by atoms with Crippen molar-refractivity contribution in [2.45, 2.75) is 57.5 Å². The first-order valence-electron chi connectivity index (χ1n) is 13.2. The number of ether oxygens (including phenoxy) is 1. The second kappa shape index (κ2) is 12.9. The van der Waals surface area contributed by atoms with Crippen molar-refractivity contribution in [2.24, 2.45) is 0 Å². The molecule has 0 aromatic heterocycles. The van der Waals surface area contributed by atoms with Crippen LogP contribution in [0.1, 0.15) is 67.3 Å². The maximum atomic E-state index is 12.9. The number of likely N-dealkylation sites (tertiary alicyclic amines) is 2. The molecule has 2 aliphatic rings. The van der Waals surface area contributed by atoms with Crippen molar-refractivity contribution in [1.82, 2.24) is 15.1 Å². The van der Waals surface area contributed by atoms with Crippen LogP contribution >= 0.6 is 0 Å². The van der Waals surface area contributed by atoms with Gasteiger partial charge in [-0.2, -0.15) is 0 Å². The molecule has 2 saturated heterocycles. The molecule has 2 aromatic carbocycles. The molecule has 2 aromatic rings. The average molecular weight is 464 g/mol. The summed E-state index contributed by atoms with van der Waals surface area (Å²) in [6, 6.07) is 18.5. The number of carbonyl (C=O) groups is 1. The number of amides is 1. The smallest absolute Gasteiger partial charge is 0.255 e. The van der Waals surface area contributed by atoms with Crippen LogP contribution in [-0.4, -0.2) is 67.6 Å². The van der Waals surface area contributed by atoms with Crippen LogP contribution in [-0.2, 0) is 0 Å². The largest absolute Gasteiger partial charge is 0.489 e. The fraction of sp³-hybridized carbons (Fsp3) is 0.552. The maximum Gasteiger partial charge on any atom is 0.255 e. The van der Waals surface area contributed by atoms with Gasteiger partial charge in [0.2, 0.25) is 0 Å². The van der Waals surface area contributed by atoms with Crippen molar-refractivity contribution in [1.29, 1.82) is 0 Å². The van der Waals surface area contributed by atoms with Gasteiger partial charge in [-0.05, 0) is 62.4 Å². The van der Waals surface area contributed by atoms with Crippen LogP contribution in [0.15, 0.2) is 54.6 Å². The minimum absolute atomic E-state index is 0.0282. The lowest BCUT2D eigenvalue weighted by atomic mass is 9.99. The second-order valence-electron chi connectivity index (χ2n) is 9.94. The SMILES string of the molecule is CC(CN1CCC(Oc2ccccc2C(=O)NCCN2CCCCCC2)CC1)c1ccccc1. The molecule has 5 heteroatoms. The lowest BCUT2D eigenvalue weighted by molar-refractivity contribution is 0.0893. The van der Waals surface area contributed by atoms with Gasteiger partial charge in [-0.1, -0.05) is 62.2 Å². The number of carbonyl (C=O) groups excluding carboxylic acids is 1. The number of benzene rings is 2. The zero-order valence-corrected chi connectivity index (χ0v) is 20.8. The van der Waals surface area contributed by atoms with E-state index < -0.39 is 0 Å². The Kier molecular flexibility index (Phi) is 9.40. The molecule has 34 heavy (non-hydrogen) atoms. The van der Waals surface area contributed by atoms with E-state index >= 15 is 0 Å². The molecule has 0 saturated carbocycles. The third-order valence-electron chi connectivity index (χ3n) is 7.27. The van der Waals surface area contributed by atoms with Gasteiger partial charge in [-0.15, -0.1) is 0 Å². The lowest BCUT2D eigenvalue weighted by Gasteiger charge is -2.34. The normalized spacial score (nSPS) is 19.3. The highest BCUT2D eigenvalue weighted by molar-refractivity contribution is 5.96. The Labute approximate surface area is 205 Å². The van der Waals surface area contributed by atoms with Crippen LogP contribution in [0.2, 0.25) is 0 Å². The molecule has 0 spiro atoms. The predicted molar refractivity (Wildman–Crippen MR) is 139 cm³/mol. The van der Waals surface area contributed by atoms with Gasteiger partial charge in [0.15, 0.2) is 0 Å². The minimum Gasteiger partial charge on any atom is -0.489 e. The number of nitrogens with zero attached hydrogens (tertiary/aromatic N) is 2. The zero-order valence-electron chi connectivity index (χ0n) is 20.8. The van der Waals surface area contributed by atoms with Gasteiger partial charge < -0.3 is 19.9 Å². The van der Waals surface area contributed by atoms with Crippen LogP contribution in [0.25, 0.3) is 0 Å². The lowest BCUT2D eigenvalue weighted by Crippen LogP contribution is -2.40. The first-order valence-corrected chi connectivity index (χ1v) is 13.2. The Hall–Kier alpha value is -2.37. The first-order chi connectivity index (χ1) is 16.7. The summed E-state index contributed by atoms with van der Waals surface area (Å²) >= 11 is 0. The molecular weight excluding hydrogens is 422 g/mol. The van der Waals surface area contributed by atoms with E-state index in [2.05, 4.69) is 52.4 Å². The van der Waals surface area contributed by atoms with E-state index in [4.69, 9.17) is 4.74 Å². The summed E-state index contributed by atoms with van der Waals surface area (Å²) in [5.74, 6) is 1.21. The predicted octanol–water partition coefficient (Wildman–Crippen LogP) is 4.94. The number of piperidine rings is 1. The Morgan fingerprint density at radius 1 is 0.912 bits per heavy atom. The summed E-state index contributed by atoms with van der Waals surface area (Å²) in [7, 11) is 0. The van der Waals surface area contributed by atoms with E-state index in [-0.39, 0.29) is 12.0 Å². The molecule has 2 fully saturated rings. The van der Waals surface area contributed by atoms with Crippen molar-refractivity contribution < 1.29 is 9.53 Å². The highest BCUT2D eigenvalue weighted by atomic mass is 16.5. The molecule has 0 radical (unpaired) electrons. The Balaban J connectivity index is 1.23. The number of hydrogen-bond donors (Lipinski definition) is 1. The molecule has 1 amide bonds. The third-order valence-corrected chi connectivity index (χ3v) is 7.27. The number of hydrogen-bond acceptors (Lipinski definition) is 4. The summed E-state index contributed by atoms with van der Waals surface area (Å²) in [4.78, 5) is 17.9. The van der Waals surface area contributed by atoms with Crippen molar-refractivity contribution in [3.63, 3.8) is 0 Å². The van der Waals surface area contributed by atoms with E-state index in [1.807, 2.05) is 24.3 Å². The highest BCUT2D eigenvalue weighted by Gasteiger charge is 2.23. The molecule has 5 nitrogen and oxygen atoms in total. The van der Waals surface area contributed by atoms with Gasteiger partial charge in [0.05, 0.1) is 5.56 Å². The zero-order chi connectivity index (χ0) is 23.6. The molecule has 1 unspecified atom stereocenters. The summed E-state index contributed by atoms with van der Waals surface area (Å²) in [5, 5.41) is 3.12. The molecular formula is C29H41N3O2. The Morgan fingerprint density at radius 2 is 1.59 bits per heavy atom. The van der Waals surface area contributed by atoms with Crippen LogP contribution in [0.3, 0.4) is 0 Å². The summed E-state index contributed by atoms with van der Waals surface area (Å²) in [6.45, 7) is 9.36. The van der Waals surface area contributed by atoms with E-state index in [0.717, 1.165) is 52.1 Å². The van der Waals surface area contributed by atoms with E-state index in [1.54, 1.807) is 0 Å². The van der Waals surface area contributed by atoms with Gasteiger partial charge >= 0.3 is 0 Å². The fourth-order valence-corrected chi connectivity index (χ4v) is 5.20. The second-order valence-corrected chi connectivity index (χ2v) is 9.94. The quantitative estimate of drug-likeness (QED) is 0.572. The van der Waals surface area contributed by atoms with Crippen LogP contribution in [0.4, 0.5) is 0 Å². The molecule has 184 valence electrons. The van der Waals surface area contributed by atoms with Crippen molar-refractivity contribution in [2.75, 3.05) is 45.8 Å². The highest BCUT2D eigenvalue weighted by Crippen LogP contribution is 2.25. The molecule has 2 heterocycles. The maximum absolute atomic E-state index is 12.9. The third kappa shape index (κ3) is 7.31. The van der Waals surface area contributed by atoms with Gasteiger partial charge in [0.25, 0.3) is 5.91 Å². The topological polar surface area (TPSA) is 44.8 Å². The number of para-hydroxylation sites is 1. The summed E-state index contributed by atoms with van der Waals surface area (Å²) < 4.78 is 6.36. The standard InChI is InChI=1S/C29H41N3O2/c1-24(25-11-5-4-6-12-25)23-32-20-15-26(16-21-32)34-28-14-8-7-13-27(28)29(33)30-17-22-31-18-9-2-3-10-19-31/h4-8,11-14,24,26H,2-3,9-10,15-23H2,1H3,(H,30,33). The summed E-state index contributed by atoms with van der Waals surface area (Å²) in [6.07, 6.45) is 7.36. The van der Waals surface area contributed by atoms with Crippen molar-refractivity contribution in [3.05, 3.63) is 65.7 Å². The Morgan fingerprint density at radius 3 is 2.32 bits per heavy atom. The number of nitrogens with one attached hydrogen (secondary N) is 1. The molecule has 1 atom stereocenters. The van der Waals surface area contributed by atoms with Crippen LogP contribution < -0.4 is 10.1 Å². The first kappa shape index (κ1) is 24.7. The minimum atomic E-state index is -0.0282. The molecule has 0 bridgehead atoms. The van der Waals surface area contributed by atoms with Gasteiger partial charge in [0, 0.05) is 32.7 Å². The van der Waals surface area contributed by atoms with Crippen LogP contribution in [0.5, 0.6) is 5.75 Å².